The van der Waals surface area contributed by atoms with Crippen LogP contribution in [-0.2, 0) is 24.3 Å². The van der Waals surface area contributed by atoms with Gasteiger partial charge in [0.25, 0.3) is 0 Å². The van der Waals surface area contributed by atoms with Gasteiger partial charge in [-0.1, -0.05) is 24.3 Å². The molecule has 7 heteroatoms. The molecule has 1 aromatic carbocycles. The first-order chi connectivity index (χ1) is 11.7. The van der Waals surface area contributed by atoms with E-state index in [-0.39, 0.29) is 24.0 Å². The maximum absolute atomic E-state index is 5.25. The first kappa shape index (κ1) is 21.9. The third-order valence-corrected chi connectivity index (χ3v) is 4.33. The van der Waals surface area contributed by atoms with E-state index in [4.69, 9.17) is 4.74 Å². The average molecular weight is 474 g/mol. The predicted molar refractivity (Wildman–Crippen MR) is 116 cm³/mol. The second-order valence-corrected chi connectivity index (χ2v) is 6.49. The number of benzene rings is 1. The summed E-state index contributed by atoms with van der Waals surface area (Å²) >= 11 is 1.69. The summed E-state index contributed by atoms with van der Waals surface area (Å²) in [5.74, 6) is 0.830. The van der Waals surface area contributed by atoms with Crippen molar-refractivity contribution in [2.75, 3.05) is 20.2 Å². The Balaban J connectivity index is 0.00000312. The minimum atomic E-state index is 0. The van der Waals surface area contributed by atoms with Crippen molar-refractivity contribution in [1.29, 1.82) is 0 Å². The average Bonchev–Trinajstić information content (AvgIpc) is 2.99. The van der Waals surface area contributed by atoms with Gasteiger partial charge in [0.1, 0.15) is 0 Å². The van der Waals surface area contributed by atoms with E-state index in [1.165, 1.54) is 11.1 Å². The summed E-state index contributed by atoms with van der Waals surface area (Å²) in [6, 6.07) is 8.24. The second-order valence-electron chi connectivity index (χ2n) is 5.43. The van der Waals surface area contributed by atoms with E-state index in [2.05, 4.69) is 45.0 Å². The molecule has 2 rings (SSSR count). The maximum atomic E-state index is 5.25. The molecule has 2 N–H and O–H groups in total. The van der Waals surface area contributed by atoms with E-state index in [9.17, 15) is 0 Å². The Morgan fingerprint density at radius 2 is 2.00 bits per heavy atom. The van der Waals surface area contributed by atoms with E-state index in [1.54, 1.807) is 18.4 Å². The molecule has 0 radical (unpaired) electrons. The molecule has 2 aromatic rings. The van der Waals surface area contributed by atoms with Crippen molar-refractivity contribution in [2.45, 2.75) is 33.4 Å². The largest absolute Gasteiger partial charge is 0.380 e. The number of ether oxygens (including phenoxy) is 1. The third-order valence-electron chi connectivity index (χ3n) is 3.51. The molecule has 1 heterocycles. The number of guanidine groups is 1. The molecule has 0 spiro atoms. The van der Waals surface area contributed by atoms with Crippen molar-refractivity contribution < 1.29 is 4.74 Å². The van der Waals surface area contributed by atoms with Crippen LogP contribution in [-0.4, -0.2) is 31.1 Å². The molecule has 0 unspecified atom stereocenters. The van der Waals surface area contributed by atoms with Crippen molar-refractivity contribution in [3.63, 3.8) is 0 Å². The minimum Gasteiger partial charge on any atom is -0.380 e. The van der Waals surface area contributed by atoms with Crippen molar-refractivity contribution in [1.82, 2.24) is 15.6 Å². The fourth-order valence-corrected chi connectivity index (χ4v) is 2.99. The van der Waals surface area contributed by atoms with Gasteiger partial charge in [-0.25, -0.2) is 9.98 Å². The van der Waals surface area contributed by atoms with E-state index < -0.39 is 0 Å². The fourth-order valence-electron chi connectivity index (χ4n) is 2.35. The summed E-state index contributed by atoms with van der Waals surface area (Å²) in [4.78, 5) is 9.17. The monoisotopic (exact) mass is 474 g/mol. The lowest BCUT2D eigenvalue weighted by molar-refractivity contribution is 0.184. The number of nitrogens with one attached hydrogen (secondary N) is 2. The van der Waals surface area contributed by atoms with Crippen LogP contribution >= 0.6 is 35.3 Å². The lowest BCUT2D eigenvalue weighted by atomic mass is 10.1. The van der Waals surface area contributed by atoms with Crippen LogP contribution in [0, 0.1) is 6.92 Å². The van der Waals surface area contributed by atoms with Gasteiger partial charge in [-0.2, -0.15) is 0 Å². The smallest absolute Gasteiger partial charge is 0.191 e. The Labute approximate surface area is 171 Å². The van der Waals surface area contributed by atoms with Gasteiger partial charge in [-0.3, -0.25) is 0 Å². The molecule has 0 atom stereocenters. The molecule has 0 saturated carbocycles. The van der Waals surface area contributed by atoms with Gasteiger partial charge in [0, 0.05) is 32.0 Å². The van der Waals surface area contributed by atoms with Crippen LogP contribution in [0.25, 0.3) is 0 Å². The van der Waals surface area contributed by atoms with Crippen molar-refractivity contribution in [2.24, 2.45) is 4.99 Å². The molecular formula is C18H27IN4OS. The second kappa shape index (κ2) is 12.2. The number of aliphatic imine (C=N–C) groups is 1. The molecular weight excluding hydrogens is 447 g/mol. The van der Waals surface area contributed by atoms with Gasteiger partial charge in [0.05, 0.1) is 23.9 Å². The van der Waals surface area contributed by atoms with Crippen LogP contribution in [0.2, 0.25) is 0 Å². The number of aromatic nitrogens is 1. The first-order valence-corrected chi connectivity index (χ1v) is 9.09. The Bertz CT molecular complexity index is 660. The molecule has 25 heavy (non-hydrogen) atoms. The zero-order chi connectivity index (χ0) is 17.2. The van der Waals surface area contributed by atoms with Gasteiger partial charge in [-0.05, 0) is 25.0 Å². The van der Waals surface area contributed by atoms with Gasteiger partial charge < -0.3 is 15.4 Å². The van der Waals surface area contributed by atoms with E-state index in [1.807, 2.05) is 19.1 Å². The lowest BCUT2D eigenvalue weighted by Gasteiger charge is -2.12. The highest BCUT2D eigenvalue weighted by molar-refractivity contribution is 14.0. The third kappa shape index (κ3) is 7.70. The minimum absolute atomic E-state index is 0. The standard InChI is InChI=1S/C18H26N4OS.HI/c1-4-19-18(20-10-9-17-13-24-14(2)22-17)21-11-15-7-5-6-8-16(15)12-23-3;/h5-8,13H,4,9-12H2,1-3H3,(H2,19,20,21);1H. The van der Waals surface area contributed by atoms with Crippen LogP contribution in [0.15, 0.2) is 34.6 Å². The number of halogens is 1. The van der Waals surface area contributed by atoms with Gasteiger partial charge in [0.15, 0.2) is 5.96 Å². The van der Waals surface area contributed by atoms with E-state index >= 15 is 0 Å². The number of hydrogen-bond donors (Lipinski definition) is 2. The van der Waals surface area contributed by atoms with Crippen LogP contribution in [0.1, 0.15) is 28.8 Å². The zero-order valence-electron chi connectivity index (χ0n) is 15.0. The lowest BCUT2D eigenvalue weighted by Crippen LogP contribution is -2.38. The van der Waals surface area contributed by atoms with Crippen LogP contribution in [0.3, 0.4) is 0 Å². The molecule has 0 aliphatic heterocycles. The highest BCUT2D eigenvalue weighted by atomic mass is 127. The van der Waals surface area contributed by atoms with Crippen molar-refractivity contribution >= 4 is 41.3 Å². The van der Waals surface area contributed by atoms with Gasteiger partial charge in [-0.15, -0.1) is 35.3 Å². The molecule has 5 nitrogen and oxygen atoms in total. The highest BCUT2D eigenvalue weighted by Crippen LogP contribution is 2.11. The summed E-state index contributed by atoms with van der Waals surface area (Å²) in [6.45, 7) is 6.99. The molecule has 0 saturated heterocycles. The highest BCUT2D eigenvalue weighted by Gasteiger charge is 2.03. The first-order valence-electron chi connectivity index (χ1n) is 8.21. The maximum Gasteiger partial charge on any atom is 0.191 e. The van der Waals surface area contributed by atoms with E-state index in [0.29, 0.717) is 13.2 Å². The Hall–Kier alpha value is -1.19. The summed E-state index contributed by atoms with van der Waals surface area (Å²) in [5.41, 5.74) is 3.50. The molecule has 0 fully saturated rings. The number of aryl methyl sites for hydroxylation is 1. The Morgan fingerprint density at radius 3 is 2.64 bits per heavy atom. The topological polar surface area (TPSA) is 58.5 Å². The fraction of sp³-hybridized carbons (Fsp3) is 0.444. The van der Waals surface area contributed by atoms with E-state index in [0.717, 1.165) is 36.2 Å². The van der Waals surface area contributed by atoms with Crippen molar-refractivity contribution in [3.8, 4) is 0 Å². The molecule has 138 valence electrons. The molecule has 0 aliphatic rings. The SMILES string of the molecule is CCNC(=NCc1ccccc1COC)NCCc1csc(C)n1.I. The zero-order valence-corrected chi connectivity index (χ0v) is 18.2. The normalized spacial score (nSPS) is 11.1. The Morgan fingerprint density at radius 1 is 1.24 bits per heavy atom. The number of thiazole rings is 1. The van der Waals surface area contributed by atoms with Crippen molar-refractivity contribution in [3.05, 3.63) is 51.5 Å². The molecule has 0 amide bonds. The number of hydrogen-bond acceptors (Lipinski definition) is 4. The predicted octanol–water partition coefficient (Wildman–Crippen LogP) is 3.51. The molecule has 0 aliphatic carbocycles. The number of rotatable bonds is 8. The van der Waals surface area contributed by atoms with Gasteiger partial charge in [0.2, 0.25) is 0 Å². The quantitative estimate of drug-likeness (QED) is 0.349. The van der Waals surface area contributed by atoms with Crippen LogP contribution < -0.4 is 10.6 Å². The molecule has 1 aromatic heterocycles. The van der Waals surface area contributed by atoms with Gasteiger partial charge >= 0.3 is 0 Å². The number of methoxy groups -OCH3 is 1. The summed E-state index contributed by atoms with van der Waals surface area (Å²) in [7, 11) is 1.71. The summed E-state index contributed by atoms with van der Waals surface area (Å²) in [6.07, 6.45) is 0.898. The Kier molecular flexibility index (Phi) is 10.7. The van der Waals surface area contributed by atoms with Crippen LogP contribution in [0.4, 0.5) is 0 Å². The molecule has 0 bridgehead atoms. The number of nitrogens with zero attached hydrogens (tertiary/aromatic N) is 2. The summed E-state index contributed by atoms with van der Waals surface area (Å²) < 4.78 is 5.25. The summed E-state index contributed by atoms with van der Waals surface area (Å²) in [5, 5.41) is 9.88. The van der Waals surface area contributed by atoms with Crippen LogP contribution in [0.5, 0.6) is 0 Å².